The highest BCUT2D eigenvalue weighted by Crippen LogP contribution is 2.37. The molecule has 0 spiro atoms. The summed E-state index contributed by atoms with van der Waals surface area (Å²) in [6.45, 7) is 6.93. The first-order valence-electron chi connectivity index (χ1n) is 10.6. The third kappa shape index (κ3) is 6.05. The van der Waals surface area contributed by atoms with E-state index in [0.29, 0.717) is 5.84 Å². The first-order chi connectivity index (χ1) is 14.1. The van der Waals surface area contributed by atoms with Crippen molar-refractivity contribution in [3.05, 3.63) is 71.3 Å². The number of benzene rings is 2. The fraction of sp³-hybridized carbons (Fsp3) is 0.458. The quantitative estimate of drug-likeness (QED) is 0.295. The standard InChI is InChI=1S/C24H34N4O/c1-2-29-19-24(13-12-20-6-4-3-5-7-20)14-16-28(17-15-24)18-21-8-10-22(11-9-21)23(25)27-26/h3-11H,2,12-19,26H2,1H3,(H2,25,27). The van der Waals surface area contributed by atoms with Crippen LogP contribution in [0.3, 0.4) is 0 Å². The third-order valence-corrected chi connectivity index (χ3v) is 6.11. The molecule has 5 nitrogen and oxygen atoms in total. The number of likely N-dealkylation sites (tertiary alicyclic amines) is 1. The first kappa shape index (κ1) is 21.3. The minimum atomic E-state index is 0.290. The summed E-state index contributed by atoms with van der Waals surface area (Å²) in [4.78, 5) is 2.54. The van der Waals surface area contributed by atoms with Gasteiger partial charge in [0.05, 0.1) is 6.61 Å². The topological polar surface area (TPSA) is 76.9 Å². The van der Waals surface area contributed by atoms with Crippen LogP contribution in [0.5, 0.6) is 0 Å². The smallest absolute Gasteiger partial charge is 0.150 e. The van der Waals surface area contributed by atoms with Crippen molar-refractivity contribution in [2.75, 3.05) is 26.3 Å². The maximum absolute atomic E-state index is 5.91. The van der Waals surface area contributed by atoms with Crippen LogP contribution in [-0.4, -0.2) is 37.0 Å². The Morgan fingerprint density at radius 1 is 1.03 bits per heavy atom. The number of hydrogen-bond acceptors (Lipinski definition) is 4. The number of ether oxygens (including phenoxy) is 1. The average molecular weight is 395 g/mol. The van der Waals surface area contributed by atoms with Crippen LogP contribution in [0, 0.1) is 5.41 Å². The predicted molar refractivity (Wildman–Crippen MR) is 120 cm³/mol. The second kappa shape index (κ2) is 10.4. The number of piperidine rings is 1. The van der Waals surface area contributed by atoms with Gasteiger partial charge in [0.25, 0.3) is 0 Å². The number of aryl methyl sites for hydroxylation is 1. The van der Waals surface area contributed by atoms with Crippen LogP contribution in [0.2, 0.25) is 0 Å². The van der Waals surface area contributed by atoms with Crippen LogP contribution < -0.4 is 11.6 Å². The van der Waals surface area contributed by atoms with E-state index in [0.717, 1.165) is 44.8 Å². The number of hydrogen-bond donors (Lipinski definition) is 2. The summed E-state index contributed by atoms with van der Waals surface area (Å²) in [6, 6.07) is 19.0. The van der Waals surface area contributed by atoms with Gasteiger partial charge >= 0.3 is 0 Å². The van der Waals surface area contributed by atoms with Gasteiger partial charge in [-0.3, -0.25) is 4.90 Å². The summed E-state index contributed by atoms with van der Waals surface area (Å²) >= 11 is 0. The van der Waals surface area contributed by atoms with E-state index in [4.69, 9.17) is 16.3 Å². The number of nitrogens with zero attached hydrogens (tertiary/aromatic N) is 2. The molecule has 0 aromatic heterocycles. The van der Waals surface area contributed by atoms with Gasteiger partial charge in [-0.15, -0.1) is 0 Å². The van der Waals surface area contributed by atoms with Crippen molar-refractivity contribution in [2.45, 2.75) is 39.2 Å². The van der Waals surface area contributed by atoms with Crippen molar-refractivity contribution in [1.29, 1.82) is 0 Å². The van der Waals surface area contributed by atoms with Gasteiger partial charge in [-0.25, -0.2) is 0 Å². The lowest BCUT2D eigenvalue weighted by Gasteiger charge is -2.42. The highest BCUT2D eigenvalue weighted by atomic mass is 16.5. The third-order valence-electron chi connectivity index (χ3n) is 6.11. The zero-order valence-electron chi connectivity index (χ0n) is 17.5. The summed E-state index contributed by atoms with van der Waals surface area (Å²) in [5.41, 5.74) is 9.64. The minimum Gasteiger partial charge on any atom is -0.382 e. The van der Waals surface area contributed by atoms with Crippen LogP contribution in [-0.2, 0) is 17.7 Å². The molecule has 1 aliphatic heterocycles. The van der Waals surface area contributed by atoms with Crippen LogP contribution in [0.4, 0.5) is 0 Å². The molecule has 0 amide bonds. The van der Waals surface area contributed by atoms with Gasteiger partial charge in [0, 0.05) is 18.7 Å². The van der Waals surface area contributed by atoms with E-state index in [1.54, 1.807) is 0 Å². The van der Waals surface area contributed by atoms with Gasteiger partial charge in [-0.1, -0.05) is 54.6 Å². The normalized spacial score (nSPS) is 17.3. The summed E-state index contributed by atoms with van der Waals surface area (Å²) in [5, 5.41) is 3.56. The van der Waals surface area contributed by atoms with E-state index in [9.17, 15) is 0 Å². The number of hydrazone groups is 1. The summed E-state index contributed by atoms with van der Waals surface area (Å²) in [5.74, 6) is 5.63. The molecular weight excluding hydrogens is 360 g/mol. The molecule has 156 valence electrons. The zero-order chi connectivity index (χ0) is 20.5. The van der Waals surface area contributed by atoms with E-state index >= 15 is 0 Å². The SMILES string of the molecule is CCOCC1(CCc2ccccc2)CCN(Cc2ccc(/C(N)=N/N)cc2)CC1. The molecule has 2 aromatic rings. The molecule has 1 fully saturated rings. The molecule has 0 aliphatic carbocycles. The van der Waals surface area contributed by atoms with Crippen LogP contribution in [0.25, 0.3) is 0 Å². The van der Waals surface area contributed by atoms with Crippen molar-refractivity contribution >= 4 is 5.84 Å². The van der Waals surface area contributed by atoms with E-state index in [1.807, 2.05) is 12.1 Å². The first-order valence-corrected chi connectivity index (χ1v) is 10.6. The lowest BCUT2D eigenvalue weighted by molar-refractivity contribution is -0.00232. The zero-order valence-corrected chi connectivity index (χ0v) is 17.5. The van der Waals surface area contributed by atoms with Crippen molar-refractivity contribution in [3.63, 3.8) is 0 Å². The highest BCUT2D eigenvalue weighted by Gasteiger charge is 2.34. The van der Waals surface area contributed by atoms with Crippen molar-refractivity contribution in [3.8, 4) is 0 Å². The monoisotopic (exact) mass is 394 g/mol. The minimum absolute atomic E-state index is 0.290. The highest BCUT2D eigenvalue weighted by molar-refractivity contribution is 5.97. The van der Waals surface area contributed by atoms with Crippen LogP contribution >= 0.6 is 0 Å². The number of amidine groups is 1. The fourth-order valence-corrected chi connectivity index (χ4v) is 4.14. The van der Waals surface area contributed by atoms with Crippen LogP contribution in [0.15, 0.2) is 59.7 Å². The molecule has 0 bridgehead atoms. The predicted octanol–water partition coefficient (Wildman–Crippen LogP) is 3.52. The molecule has 5 heteroatoms. The van der Waals surface area contributed by atoms with Gasteiger partial charge in [0.2, 0.25) is 0 Å². The molecule has 1 saturated heterocycles. The molecular formula is C24H34N4O. The largest absolute Gasteiger partial charge is 0.382 e. The molecule has 0 radical (unpaired) electrons. The Morgan fingerprint density at radius 2 is 1.72 bits per heavy atom. The van der Waals surface area contributed by atoms with Crippen molar-refractivity contribution in [1.82, 2.24) is 4.90 Å². The van der Waals surface area contributed by atoms with E-state index in [-0.39, 0.29) is 5.41 Å². The average Bonchev–Trinajstić information content (AvgIpc) is 2.78. The molecule has 0 unspecified atom stereocenters. The van der Waals surface area contributed by atoms with E-state index in [1.165, 1.54) is 30.4 Å². The Hall–Kier alpha value is -2.37. The second-order valence-electron chi connectivity index (χ2n) is 8.11. The maximum atomic E-state index is 5.91. The van der Waals surface area contributed by atoms with Gasteiger partial charge < -0.3 is 16.3 Å². The summed E-state index contributed by atoms with van der Waals surface area (Å²) in [7, 11) is 0. The molecule has 2 aromatic carbocycles. The summed E-state index contributed by atoms with van der Waals surface area (Å²) in [6.07, 6.45) is 4.69. The van der Waals surface area contributed by atoms with Crippen molar-refractivity contribution in [2.24, 2.45) is 22.1 Å². The lowest BCUT2D eigenvalue weighted by Crippen LogP contribution is -2.42. The van der Waals surface area contributed by atoms with Gasteiger partial charge in [-0.2, -0.15) is 5.10 Å². The Balaban J connectivity index is 1.56. The summed E-state index contributed by atoms with van der Waals surface area (Å²) < 4.78 is 5.91. The Morgan fingerprint density at radius 3 is 2.34 bits per heavy atom. The van der Waals surface area contributed by atoms with Gasteiger partial charge in [-0.05, 0) is 62.2 Å². The molecule has 0 saturated carbocycles. The maximum Gasteiger partial charge on any atom is 0.150 e. The molecule has 1 aliphatic rings. The second-order valence-corrected chi connectivity index (χ2v) is 8.11. The van der Waals surface area contributed by atoms with Crippen molar-refractivity contribution < 1.29 is 4.74 Å². The van der Waals surface area contributed by atoms with Gasteiger partial charge in [0.1, 0.15) is 5.84 Å². The Labute approximate surface area is 174 Å². The molecule has 29 heavy (non-hydrogen) atoms. The van der Waals surface area contributed by atoms with Gasteiger partial charge in [0.15, 0.2) is 0 Å². The van der Waals surface area contributed by atoms with E-state index < -0.39 is 0 Å². The lowest BCUT2D eigenvalue weighted by atomic mass is 9.74. The molecule has 1 heterocycles. The molecule has 0 atom stereocenters. The van der Waals surface area contributed by atoms with E-state index in [2.05, 4.69) is 59.4 Å². The fourth-order valence-electron chi connectivity index (χ4n) is 4.14. The molecule has 4 N–H and O–H groups in total. The Kier molecular flexibility index (Phi) is 7.67. The Bertz CT molecular complexity index is 765. The van der Waals surface area contributed by atoms with Crippen LogP contribution in [0.1, 0.15) is 42.9 Å². The number of rotatable bonds is 9. The number of nitrogens with two attached hydrogens (primary N) is 2. The molecule has 3 rings (SSSR count).